The van der Waals surface area contributed by atoms with Gasteiger partial charge in [-0.25, -0.2) is 4.98 Å². The summed E-state index contributed by atoms with van der Waals surface area (Å²) >= 11 is 1.31. The molecule has 3 rings (SSSR count). The molecule has 25 heavy (non-hydrogen) atoms. The number of nitriles is 1. The predicted molar refractivity (Wildman–Crippen MR) is 89.4 cm³/mol. The minimum atomic E-state index is -2.87. The fraction of sp³-hybridized carbons (Fsp3) is 0.353. The molecule has 1 amide bonds. The van der Waals surface area contributed by atoms with E-state index in [-0.39, 0.29) is 11.7 Å². The second-order valence-electron chi connectivity index (χ2n) is 5.83. The maximum Gasteiger partial charge on any atom is 0.387 e. The predicted octanol–water partition coefficient (Wildman–Crippen LogP) is 4.35. The summed E-state index contributed by atoms with van der Waals surface area (Å²) in [5, 5.41) is 12.4. The monoisotopic (exact) mass is 363 g/mol. The molecule has 2 aromatic rings. The molecule has 1 N–H and O–H groups in total. The Kier molecular flexibility index (Phi) is 4.68. The lowest BCUT2D eigenvalue weighted by molar-refractivity contribution is -0.126. The first-order chi connectivity index (χ1) is 11.9. The quantitative estimate of drug-likeness (QED) is 0.857. The third kappa shape index (κ3) is 3.46. The van der Waals surface area contributed by atoms with Crippen molar-refractivity contribution in [2.75, 3.05) is 5.32 Å². The molecule has 0 spiro atoms. The van der Waals surface area contributed by atoms with E-state index in [1.54, 1.807) is 12.1 Å². The molecule has 1 aliphatic rings. The molecular formula is C17H15F2N3O2S. The van der Waals surface area contributed by atoms with Gasteiger partial charge < -0.3 is 10.1 Å². The third-order valence-electron chi connectivity index (χ3n) is 4.23. The van der Waals surface area contributed by atoms with E-state index >= 15 is 0 Å². The molecule has 0 saturated heterocycles. The van der Waals surface area contributed by atoms with Gasteiger partial charge >= 0.3 is 6.61 Å². The number of aromatic nitrogens is 1. The third-order valence-corrected chi connectivity index (χ3v) is 5.11. The molecule has 0 unspecified atom stereocenters. The topological polar surface area (TPSA) is 75.0 Å². The van der Waals surface area contributed by atoms with Gasteiger partial charge in [0.1, 0.15) is 11.2 Å². The number of anilines is 1. The lowest BCUT2D eigenvalue weighted by atomic mass is 9.69. The van der Waals surface area contributed by atoms with Crippen LogP contribution in [0.25, 0.3) is 11.3 Å². The van der Waals surface area contributed by atoms with Crippen molar-refractivity contribution in [3.05, 3.63) is 29.1 Å². The van der Waals surface area contributed by atoms with Crippen LogP contribution in [0.15, 0.2) is 24.3 Å². The standard InChI is InChI=1S/C17H15F2N3O2S/c1-10-13(11-3-5-12(6-4-11)24-15(18)19)21-16(25-10)22-14(23)17(9-20)7-2-8-17/h3-6,15H,2,7-8H2,1H3,(H,21,22,23). The number of carbonyl (C=O) groups is 1. The van der Waals surface area contributed by atoms with Crippen LogP contribution in [-0.2, 0) is 4.79 Å². The van der Waals surface area contributed by atoms with Gasteiger partial charge in [0.25, 0.3) is 0 Å². The highest BCUT2D eigenvalue weighted by molar-refractivity contribution is 7.16. The van der Waals surface area contributed by atoms with E-state index in [4.69, 9.17) is 0 Å². The van der Waals surface area contributed by atoms with Crippen molar-refractivity contribution in [3.8, 4) is 23.1 Å². The minimum Gasteiger partial charge on any atom is -0.435 e. The molecule has 1 saturated carbocycles. The van der Waals surface area contributed by atoms with Crippen LogP contribution in [0.1, 0.15) is 24.1 Å². The van der Waals surface area contributed by atoms with E-state index in [1.165, 1.54) is 23.5 Å². The number of alkyl halides is 2. The highest BCUT2D eigenvalue weighted by atomic mass is 32.1. The van der Waals surface area contributed by atoms with Gasteiger partial charge in [0.15, 0.2) is 5.13 Å². The number of rotatable bonds is 5. The van der Waals surface area contributed by atoms with Crippen molar-refractivity contribution in [1.82, 2.24) is 4.98 Å². The number of nitrogens with zero attached hydrogens (tertiary/aromatic N) is 2. The Morgan fingerprint density at radius 1 is 1.40 bits per heavy atom. The van der Waals surface area contributed by atoms with Gasteiger partial charge in [-0.15, -0.1) is 11.3 Å². The number of amides is 1. The first-order valence-electron chi connectivity index (χ1n) is 7.69. The second-order valence-corrected chi connectivity index (χ2v) is 7.03. The lowest BCUT2D eigenvalue weighted by Crippen LogP contribution is -2.40. The van der Waals surface area contributed by atoms with Crippen LogP contribution in [0.4, 0.5) is 13.9 Å². The van der Waals surface area contributed by atoms with E-state index in [1.807, 2.05) is 6.92 Å². The van der Waals surface area contributed by atoms with Crippen LogP contribution in [-0.4, -0.2) is 17.5 Å². The zero-order valence-corrected chi connectivity index (χ0v) is 14.2. The zero-order valence-electron chi connectivity index (χ0n) is 13.4. The summed E-state index contributed by atoms with van der Waals surface area (Å²) in [6, 6.07) is 8.25. The highest BCUT2D eigenvalue weighted by Crippen LogP contribution is 2.41. The summed E-state index contributed by atoms with van der Waals surface area (Å²) in [6.07, 6.45) is 2.01. The molecule has 0 aliphatic heterocycles. The van der Waals surface area contributed by atoms with Crippen LogP contribution >= 0.6 is 11.3 Å². The van der Waals surface area contributed by atoms with Crippen LogP contribution in [0.2, 0.25) is 0 Å². The highest BCUT2D eigenvalue weighted by Gasteiger charge is 2.45. The number of nitrogens with one attached hydrogen (secondary N) is 1. The van der Waals surface area contributed by atoms with Crippen molar-refractivity contribution in [2.24, 2.45) is 5.41 Å². The van der Waals surface area contributed by atoms with Crippen LogP contribution < -0.4 is 10.1 Å². The van der Waals surface area contributed by atoms with Gasteiger partial charge in [0.05, 0.1) is 11.8 Å². The number of thiazole rings is 1. The summed E-state index contributed by atoms with van der Waals surface area (Å²) in [4.78, 5) is 17.6. The fourth-order valence-corrected chi connectivity index (χ4v) is 3.48. The number of carbonyl (C=O) groups excluding carboxylic acids is 1. The Balaban J connectivity index is 1.76. The molecule has 1 aromatic heterocycles. The Hall–Kier alpha value is -2.53. The molecular weight excluding hydrogens is 348 g/mol. The molecule has 0 radical (unpaired) electrons. The van der Waals surface area contributed by atoms with Gasteiger partial charge in [-0.1, -0.05) is 0 Å². The fourth-order valence-electron chi connectivity index (χ4n) is 2.65. The number of benzene rings is 1. The van der Waals surface area contributed by atoms with E-state index < -0.39 is 12.0 Å². The molecule has 5 nitrogen and oxygen atoms in total. The average molecular weight is 363 g/mol. The van der Waals surface area contributed by atoms with Crippen LogP contribution in [0.5, 0.6) is 5.75 Å². The lowest BCUT2D eigenvalue weighted by Gasteiger charge is -2.32. The Labute approximate surface area is 147 Å². The van der Waals surface area contributed by atoms with E-state index in [9.17, 15) is 18.8 Å². The summed E-state index contributed by atoms with van der Waals surface area (Å²) < 4.78 is 28.7. The first-order valence-corrected chi connectivity index (χ1v) is 8.50. The van der Waals surface area contributed by atoms with E-state index in [0.717, 1.165) is 16.9 Å². The van der Waals surface area contributed by atoms with E-state index in [0.29, 0.717) is 23.7 Å². The normalized spacial score (nSPS) is 15.3. The molecule has 1 fully saturated rings. The summed E-state index contributed by atoms with van der Waals surface area (Å²) in [7, 11) is 0. The summed E-state index contributed by atoms with van der Waals surface area (Å²) in [5.74, 6) is -0.247. The largest absolute Gasteiger partial charge is 0.435 e. The number of aryl methyl sites for hydroxylation is 1. The maximum absolute atomic E-state index is 12.3. The molecule has 0 bridgehead atoms. The second kappa shape index (κ2) is 6.76. The van der Waals surface area contributed by atoms with Crippen molar-refractivity contribution < 1.29 is 18.3 Å². The number of hydrogen-bond donors (Lipinski definition) is 1. The Bertz CT molecular complexity index is 823. The molecule has 1 heterocycles. The van der Waals surface area contributed by atoms with Crippen molar-refractivity contribution >= 4 is 22.4 Å². The summed E-state index contributed by atoms with van der Waals surface area (Å²) in [5.41, 5.74) is 0.451. The summed E-state index contributed by atoms with van der Waals surface area (Å²) in [6.45, 7) is -1.01. The first kappa shape index (κ1) is 17.3. The van der Waals surface area contributed by atoms with Gasteiger partial charge in [-0.2, -0.15) is 14.0 Å². The smallest absolute Gasteiger partial charge is 0.387 e. The molecule has 8 heteroatoms. The van der Waals surface area contributed by atoms with Gasteiger partial charge in [-0.3, -0.25) is 4.79 Å². The molecule has 130 valence electrons. The van der Waals surface area contributed by atoms with Crippen LogP contribution in [0, 0.1) is 23.7 Å². The zero-order chi connectivity index (χ0) is 18.0. The van der Waals surface area contributed by atoms with Crippen molar-refractivity contribution in [2.45, 2.75) is 32.8 Å². The minimum absolute atomic E-state index is 0.0705. The number of halogens is 2. The number of ether oxygens (including phenoxy) is 1. The average Bonchev–Trinajstić information content (AvgIpc) is 2.87. The maximum atomic E-state index is 12.3. The van der Waals surface area contributed by atoms with Crippen molar-refractivity contribution in [3.63, 3.8) is 0 Å². The van der Waals surface area contributed by atoms with Gasteiger partial charge in [0, 0.05) is 10.4 Å². The van der Waals surface area contributed by atoms with Crippen LogP contribution in [0.3, 0.4) is 0 Å². The number of hydrogen-bond acceptors (Lipinski definition) is 5. The molecule has 1 aromatic carbocycles. The van der Waals surface area contributed by atoms with Gasteiger partial charge in [-0.05, 0) is 50.5 Å². The van der Waals surface area contributed by atoms with E-state index in [2.05, 4.69) is 21.1 Å². The Morgan fingerprint density at radius 2 is 2.08 bits per heavy atom. The van der Waals surface area contributed by atoms with Crippen molar-refractivity contribution in [1.29, 1.82) is 5.26 Å². The molecule has 1 aliphatic carbocycles. The SMILES string of the molecule is Cc1sc(NC(=O)C2(C#N)CCC2)nc1-c1ccc(OC(F)F)cc1. The Morgan fingerprint density at radius 3 is 2.60 bits per heavy atom. The molecule has 0 atom stereocenters. The van der Waals surface area contributed by atoms with Gasteiger partial charge in [0.2, 0.25) is 5.91 Å².